The first-order valence-electron chi connectivity index (χ1n) is 8.03. The molecule has 1 aromatic heterocycles. The van der Waals surface area contributed by atoms with E-state index in [9.17, 15) is 9.59 Å². The number of Topliss-reactive ketones (excluding diaryl/α,β-unsaturated/α-hetero) is 1. The van der Waals surface area contributed by atoms with Gasteiger partial charge in [0.25, 0.3) is 0 Å². The molecule has 0 unspecified atom stereocenters. The summed E-state index contributed by atoms with van der Waals surface area (Å²) in [6, 6.07) is 1.69. The van der Waals surface area contributed by atoms with E-state index >= 15 is 0 Å². The van der Waals surface area contributed by atoms with Gasteiger partial charge < -0.3 is 14.4 Å². The van der Waals surface area contributed by atoms with Crippen LogP contribution in [0.3, 0.4) is 0 Å². The number of likely N-dealkylation sites (tertiary alicyclic amines) is 1. The van der Waals surface area contributed by atoms with Crippen molar-refractivity contribution in [1.29, 1.82) is 0 Å². The highest BCUT2D eigenvalue weighted by Crippen LogP contribution is 2.39. The van der Waals surface area contributed by atoms with Crippen LogP contribution in [-0.2, 0) is 4.74 Å². The lowest BCUT2D eigenvalue weighted by Crippen LogP contribution is -2.53. The van der Waals surface area contributed by atoms with E-state index < -0.39 is 11.2 Å². The van der Waals surface area contributed by atoms with Crippen molar-refractivity contribution < 1.29 is 19.1 Å². The molecule has 0 atom stereocenters. The number of carbonyl (C=O) groups is 2. The Morgan fingerprint density at radius 3 is 2.67 bits per heavy atom. The number of pyridine rings is 1. The number of rotatable bonds is 0. The van der Waals surface area contributed by atoms with Crippen molar-refractivity contribution in [2.24, 2.45) is 0 Å². The van der Waals surface area contributed by atoms with E-state index in [0.717, 1.165) is 0 Å². The minimum Gasteiger partial charge on any atom is -0.484 e. The molecule has 1 aromatic rings. The highest BCUT2D eigenvalue weighted by atomic mass is 79.9. The summed E-state index contributed by atoms with van der Waals surface area (Å²) in [4.78, 5) is 30.5. The molecule has 1 fully saturated rings. The lowest BCUT2D eigenvalue weighted by atomic mass is 9.83. The van der Waals surface area contributed by atoms with Crippen LogP contribution in [0, 0.1) is 0 Å². The summed E-state index contributed by atoms with van der Waals surface area (Å²) in [5, 5.41) is 0. The minimum absolute atomic E-state index is 0.0602. The molecule has 2 aliphatic rings. The molecular formula is C17H21BrN2O4. The van der Waals surface area contributed by atoms with Crippen molar-refractivity contribution in [2.45, 2.75) is 51.2 Å². The zero-order valence-electron chi connectivity index (χ0n) is 14.1. The van der Waals surface area contributed by atoms with Crippen LogP contribution < -0.4 is 4.74 Å². The van der Waals surface area contributed by atoms with Gasteiger partial charge in [-0.05, 0) is 42.8 Å². The normalized spacial score (nSPS) is 19.7. The number of hydrogen-bond acceptors (Lipinski definition) is 5. The van der Waals surface area contributed by atoms with Crippen molar-refractivity contribution in [3.63, 3.8) is 0 Å². The van der Waals surface area contributed by atoms with Gasteiger partial charge in [-0.3, -0.25) is 4.79 Å². The summed E-state index contributed by atoms with van der Waals surface area (Å²) < 4.78 is 12.2. The summed E-state index contributed by atoms with van der Waals surface area (Å²) in [5.41, 5.74) is -0.489. The topological polar surface area (TPSA) is 68.7 Å². The van der Waals surface area contributed by atoms with Crippen molar-refractivity contribution >= 4 is 27.8 Å². The first kappa shape index (κ1) is 17.2. The van der Waals surface area contributed by atoms with E-state index in [0.29, 0.717) is 48.3 Å². The second-order valence-electron chi connectivity index (χ2n) is 7.36. The number of aromatic nitrogens is 1. The predicted octanol–water partition coefficient (Wildman–Crippen LogP) is 3.58. The molecule has 0 saturated carbocycles. The van der Waals surface area contributed by atoms with Gasteiger partial charge in [0.2, 0.25) is 0 Å². The Labute approximate surface area is 149 Å². The third-order valence-electron chi connectivity index (χ3n) is 4.27. The second kappa shape index (κ2) is 6.02. The fraction of sp³-hybridized carbons (Fsp3) is 0.588. The summed E-state index contributed by atoms with van der Waals surface area (Å²) >= 11 is 3.28. The molecule has 0 aliphatic carbocycles. The molecule has 1 amide bonds. The number of fused-ring (bicyclic) bond motifs is 1. The summed E-state index contributed by atoms with van der Waals surface area (Å²) in [7, 11) is 0. The zero-order valence-corrected chi connectivity index (χ0v) is 15.7. The summed E-state index contributed by atoms with van der Waals surface area (Å²) in [5.74, 6) is 0.588. The lowest BCUT2D eigenvalue weighted by Gasteiger charge is -2.43. The minimum atomic E-state index is -0.544. The number of piperidine rings is 1. The maximum Gasteiger partial charge on any atom is 0.410 e. The largest absolute Gasteiger partial charge is 0.484 e. The highest BCUT2D eigenvalue weighted by Gasteiger charge is 2.44. The first-order chi connectivity index (χ1) is 11.2. The van der Waals surface area contributed by atoms with Crippen LogP contribution in [0.1, 0.15) is 50.4 Å². The van der Waals surface area contributed by atoms with Crippen LogP contribution in [0.25, 0.3) is 0 Å². The average molecular weight is 397 g/mol. The van der Waals surface area contributed by atoms with E-state index in [1.54, 1.807) is 17.2 Å². The monoisotopic (exact) mass is 396 g/mol. The Bertz CT molecular complexity index is 676. The molecule has 2 aliphatic heterocycles. The molecule has 0 radical (unpaired) electrons. The molecule has 0 aromatic carbocycles. The van der Waals surface area contributed by atoms with Crippen LogP contribution in [0.2, 0.25) is 0 Å². The molecule has 1 saturated heterocycles. The average Bonchev–Trinajstić information content (AvgIpc) is 2.47. The molecule has 0 bridgehead atoms. The molecular weight excluding hydrogens is 376 g/mol. The Hall–Kier alpha value is -1.63. The maximum atomic E-state index is 12.5. The number of nitrogens with zero attached hydrogens (tertiary/aromatic N) is 2. The first-order valence-corrected chi connectivity index (χ1v) is 8.82. The van der Waals surface area contributed by atoms with Gasteiger partial charge in [0.05, 0.1) is 18.2 Å². The number of halogens is 1. The van der Waals surface area contributed by atoms with Gasteiger partial charge >= 0.3 is 6.09 Å². The van der Waals surface area contributed by atoms with Crippen molar-refractivity contribution in [2.75, 3.05) is 13.1 Å². The third-order valence-corrected chi connectivity index (χ3v) is 4.70. The Kier molecular flexibility index (Phi) is 4.32. The smallest absolute Gasteiger partial charge is 0.410 e. The Morgan fingerprint density at radius 1 is 1.38 bits per heavy atom. The maximum absolute atomic E-state index is 12.5. The fourth-order valence-corrected chi connectivity index (χ4v) is 3.41. The number of ketones is 1. The number of amides is 1. The van der Waals surface area contributed by atoms with Crippen LogP contribution in [-0.4, -0.2) is 46.1 Å². The van der Waals surface area contributed by atoms with Gasteiger partial charge in [0, 0.05) is 25.9 Å². The third kappa shape index (κ3) is 3.55. The summed E-state index contributed by atoms with van der Waals surface area (Å²) in [6.07, 6.45) is 2.81. The fourth-order valence-electron chi connectivity index (χ4n) is 3.08. The van der Waals surface area contributed by atoms with E-state index in [1.807, 2.05) is 20.8 Å². The molecule has 0 N–H and O–H groups in total. The molecule has 7 heteroatoms. The van der Waals surface area contributed by atoms with Gasteiger partial charge in [-0.2, -0.15) is 0 Å². The number of hydrogen-bond donors (Lipinski definition) is 0. The van der Waals surface area contributed by atoms with Crippen molar-refractivity contribution in [3.05, 3.63) is 22.4 Å². The zero-order chi connectivity index (χ0) is 17.5. The SMILES string of the molecule is CC(C)(C)OC(=O)N1CCC2(CC1)CC(=O)c1cc(Br)ncc1O2. The quantitative estimate of drug-likeness (QED) is 0.626. The predicted molar refractivity (Wildman–Crippen MR) is 91.3 cm³/mol. The van der Waals surface area contributed by atoms with Gasteiger partial charge in [0.15, 0.2) is 5.78 Å². The molecule has 130 valence electrons. The van der Waals surface area contributed by atoms with Crippen LogP contribution >= 0.6 is 15.9 Å². The van der Waals surface area contributed by atoms with Gasteiger partial charge in [-0.1, -0.05) is 0 Å². The number of carbonyl (C=O) groups excluding carboxylic acids is 2. The molecule has 3 rings (SSSR count). The van der Waals surface area contributed by atoms with Crippen molar-refractivity contribution in [3.8, 4) is 5.75 Å². The molecule has 1 spiro atoms. The summed E-state index contributed by atoms with van der Waals surface area (Å²) in [6.45, 7) is 6.58. The van der Waals surface area contributed by atoms with Crippen molar-refractivity contribution in [1.82, 2.24) is 9.88 Å². The van der Waals surface area contributed by atoms with Crippen LogP contribution in [0.4, 0.5) is 4.79 Å². The van der Waals surface area contributed by atoms with Crippen LogP contribution in [0.15, 0.2) is 16.9 Å². The van der Waals surface area contributed by atoms with E-state index in [-0.39, 0.29) is 11.9 Å². The van der Waals surface area contributed by atoms with Crippen LogP contribution in [0.5, 0.6) is 5.75 Å². The standard InChI is InChI=1S/C17H21BrN2O4/c1-16(2,3)24-15(22)20-6-4-17(5-7-20)9-12(21)11-8-14(18)19-10-13(11)23-17/h8,10H,4-7,9H2,1-3H3. The van der Waals surface area contributed by atoms with Gasteiger partial charge in [0.1, 0.15) is 21.6 Å². The lowest BCUT2D eigenvalue weighted by molar-refractivity contribution is -0.0228. The second-order valence-corrected chi connectivity index (χ2v) is 8.17. The van der Waals surface area contributed by atoms with E-state index in [2.05, 4.69) is 20.9 Å². The molecule has 3 heterocycles. The Morgan fingerprint density at radius 2 is 2.04 bits per heavy atom. The van der Waals surface area contributed by atoms with Gasteiger partial charge in [-0.15, -0.1) is 0 Å². The molecule has 6 nitrogen and oxygen atoms in total. The van der Waals surface area contributed by atoms with Gasteiger partial charge in [-0.25, -0.2) is 9.78 Å². The van der Waals surface area contributed by atoms with E-state index in [4.69, 9.17) is 9.47 Å². The Balaban J connectivity index is 1.69. The van der Waals surface area contributed by atoms with E-state index in [1.165, 1.54) is 0 Å². The number of ether oxygens (including phenoxy) is 2. The molecule has 24 heavy (non-hydrogen) atoms. The highest BCUT2D eigenvalue weighted by molar-refractivity contribution is 9.10.